The van der Waals surface area contributed by atoms with Crippen LogP contribution in [-0.2, 0) is 16.0 Å². The normalized spacial score (nSPS) is 14.1. The van der Waals surface area contributed by atoms with E-state index in [1.54, 1.807) is 0 Å². The monoisotopic (exact) mass is 421 g/mol. The van der Waals surface area contributed by atoms with Crippen LogP contribution in [-0.4, -0.2) is 35.8 Å². The van der Waals surface area contributed by atoms with Crippen molar-refractivity contribution in [1.29, 1.82) is 0 Å². The van der Waals surface area contributed by atoms with Gasteiger partial charge in [-0.05, 0) is 38.1 Å². The zero-order valence-electron chi connectivity index (χ0n) is 14.6. The molecule has 1 aromatic heterocycles. The third-order valence-corrected chi connectivity index (χ3v) is 5.44. The average molecular weight is 421 g/mol. The molecule has 1 N–H and O–H groups in total. The molecule has 0 bridgehead atoms. The van der Waals surface area contributed by atoms with Gasteiger partial charge in [0, 0.05) is 18.0 Å². The lowest BCUT2D eigenvalue weighted by molar-refractivity contribution is -0.137. The van der Waals surface area contributed by atoms with Crippen molar-refractivity contribution in [2.75, 3.05) is 6.26 Å². The summed E-state index contributed by atoms with van der Waals surface area (Å²) in [7, 11) is -3.73. The Balaban J connectivity index is 2.63. The van der Waals surface area contributed by atoms with Gasteiger partial charge in [0.1, 0.15) is 16.2 Å². The summed E-state index contributed by atoms with van der Waals surface area (Å²) in [6.45, 7) is 2.84. The minimum absolute atomic E-state index is 0.0831. The summed E-state index contributed by atoms with van der Waals surface area (Å²) < 4.78 is 68.1. The number of aliphatic hydroxyl groups is 1. The van der Waals surface area contributed by atoms with E-state index in [-0.39, 0.29) is 21.9 Å². The van der Waals surface area contributed by atoms with E-state index in [1.165, 1.54) is 32.0 Å². The van der Waals surface area contributed by atoms with Crippen molar-refractivity contribution in [1.82, 2.24) is 4.98 Å². The van der Waals surface area contributed by atoms with Gasteiger partial charge in [-0.2, -0.15) is 13.2 Å². The average Bonchev–Trinajstić information content (AvgIpc) is 2.52. The van der Waals surface area contributed by atoms with Crippen LogP contribution in [0.15, 0.2) is 41.4 Å². The number of nitrogens with zero attached hydrogens (tertiary/aromatic N) is 1. The topological polar surface area (TPSA) is 76.5 Å². The van der Waals surface area contributed by atoms with Crippen molar-refractivity contribution in [2.24, 2.45) is 0 Å². The molecule has 1 atom stereocenters. The van der Waals surface area contributed by atoms with Crippen LogP contribution in [0.3, 0.4) is 0 Å². The molecule has 1 heterocycles. The highest BCUT2D eigenvalue weighted by Gasteiger charge is 2.32. The van der Waals surface area contributed by atoms with Gasteiger partial charge in [0.15, 0.2) is 15.3 Å². The van der Waals surface area contributed by atoms with Crippen molar-refractivity contribution in [3.8, 4) is 17.0 Å². The van der Waals surface area contributed by atoms with Gasteiger partial charge in [-0.15, -0.1) is 12.6 Å². The fourth-order valence-corrected chi connectivity index (χ4v) is 3.03. The van der Waals surface area contributed by atoms with E-state index in [0.29, 0.717) is 6.20 Å². The molecule has 0 spiro atoms. The predicted octanol–water partition coefficient (Wildman–Crippen LogP) is 3.58. The third kappa shape index (κ3) is 5.14. The number of alkyl halides is 3. The van der Waals surface area contributed by atoms with Gasteiger partial charge in [0.25, 0.3) is 0 Å². The molecule has 1 aromatic carbocycles. The lowest BCUT2D eigenvalue weighted by Gasteiger charge is -2.27. The lowest BCUT2D eigenvalue weighted by atomic mass is 10.1. The predicted molar refractivity (Wildman–Crippen MR) is 97.5 cm³/mol. The number of halogens is 3. The summed E-state index contributed by atoms with van der Waals surface area (Å²) in [6.07, 6.45) is -2.92. The molecular formula is C17H18F3NO4S2. The molecule has 0 amide bonds. The van der Waals surface area contributed by atoms with Crippen LogP contribution < -0.4 is 4.74 Å². The maximum Gasteiger partial charge on any atom is 0.417 e. The van der Waals surface area contributed by atoms with Gasteiger partial charge in [0.2, 0.25) is 0 Å². The maximum absolute atomic E-state index is 12.7. The number of sulfone groups is 1. The highest BCUT2D eigenvalue weighted by Crippen LogP contribution is 2.38. The SMILES string of the molecule is CC(C)(O)C(S)Oc1c(-c2ccc(C(F)(F)F)cn2)cccc1S(C)(=O)=O. The maximum atomic E-state index is 12.7. The molecule has 10 heteroatoms. The van der Waals surface area contributed by atoms with Crippen LogP contribution in [0.25, 0.3) is 11.3 Å². The van der Waals surface area contributed by atoms with Crippen LogP contribution in [0, 0.1) is 0 Å². The molecule has 27 heavy (non-hydrogen) atoms. The molecule has 2 aromatic rings. The van der Waals surface area contributed by atoms with Crippen molar-refractivity contribution >= 4 is 22.5 Å². The number of aromatic nitrogens is 1. The Bertz CT molecular complexity index is 921. The number of para-hydroxylation sites is 1. The Labute approximate surface area is 160 Å². The first-order chi connectivity index (χ1) is 12.2. The molecule has 0 aliphatic heterocycles. The minimum atomic E-state index is -4.55. The van der Waals surface area contributed by atoms with Crippen LogP contribution in [0.2, 0.25) is 0 Å². The Kier molecular flexibility index (Phi) is 5.84. The Morgan fingerprint density at radius 3 is 2.26 bits per heavy atom. The fraction of sp³-hybridized carbons (Fsp3) is 0.353. The molecule has 0 radical (unpaired) electrons. The van der Waals surface area contributed by atoms with Crippen molar-refractivity contribution < 1.29 is 31.4 Å². The number of hydrogen-bond acceptors (Lipinski definition) is 6. The first kappa shape index (κ1) is 21.5. The number of thiol groups is 1. The number of hydrogen-bond donors (Lipinski definition) is 2. The quantitative estimate of drug-likeness (QED) is 0.570. The summed E-state index contributed by atoms with van der Waals surface area (Å²) in [6, 6.07) is 6.14. The lowest BCUT2D eigenvalue weighted by Crippen LogP contribution is -2.36. The van der Waals surface area contributed by atoms with Gasteiger partial charge in [-0.1, -0.05) is 6.07 Å². The molecule has 0 saturated heterocycles. The van der Waals surface area contributed by atoms with Crippen molar-refractivity contribution in [3.05, 3.63) is 42.1 Å². The van der Waals surface area contributed by atoms with Crippen molar-refractivity contribution in [3.63, 3.8) is 0 Å². The van der Waals surface area contributed by atoms with Gasteiger partial charge in [-0.3, -0.25) is 4.98 Å². The van der Waals surface area contributed by atoms with Gasteiger partial charge in [-0.25, -0.2) is 8.42 Å². The van der Waals surface area contributed by atoms with Crippen LogP contribution >= 0.6 is 12.6 Å². The van der Waals surface area contributed by atoms with E-state index in [0.717, 1.165) is 18.4 Å². The van der Waals surface area contributed by atoms with E-state index >= 15 is 0 Å². The Morgan fingerprint density at radius 1 is 1.19 bits per heavy atom. The van der Waals surface area contributed by atoms with E-state index in [2.05, 4.69) is 17.6 Å². The number of rotatable bonds is 5. The minimum Gasteiger partial charge on any atom is -0.475 e. The van der Waals surface area contributed by atoms with Crippen LogP contribution in [0.1, 0.15) is 19.4 Å². The van der Waals surface area contributed by atoms with E-state index in [9.17, 15) is 26.7 Å². The number of ether oxygens (including phenoxy) is 1. The second-order valence-corrected chi connectivity index (χ2v) is 8.91. The Morgan fingerprint density at radius 2 is 1.81 bits per heavy atom. The molecular weight excluding hydrogens is 403 g/mol. The largest absolute Gasteiger partial charge is 0.475 e. The number of pyridine rings is 1. The molecule has 0 aliphatic carbocycles. The first-order valence-electron chi connectivity index (χ1n) is 7.65. The fourth-order valence-electron chi connectivity index (χ4n) is 2.11. The second kappa shape index (κ2) is 7.33. The summed E-state index contributed by atoms with van der Waals surface area (Å²) in [5, 5.41) is 10.0. The first-order valence-corrected chi connectivity index (χ1v) is 10.1. The van der Waals surface area contributed by atoms with Gasteiger partial charge in [0.05, 0.1) is 11.3 Å². The highest BCUT2D eigenvalue weighted by atomic mass is 32.2. The number of benzene rings is 1. The molecule has 0 aliphatic rings. The zero-order valence-corrected chi connectivity index (χ0v) is 16.4. The van der Waals surface area contributed by atoms with E-state index < -0.39 is 32.6 Å². The van der Waals surface area contributed by atoms with Crippen LogP contribution in [0.5, 0.6) is 5.75 Å². The summed E-state index contributed by atoms with van der Waals surface area (Å²) in [4.78, 5) is 3.60. The molecule has 5 nitrogen and oxygen atoms in total. The Hall–Kier alpha value is -1.78. The molecule has 0 fully saturated rings. The molecule has 148 valence electrons. The van der Waals surface area contributed by atoms with Crippen molar-refractivity contribution in [2.45, 2.75) is 36.0 Å². The third-order valence-electron chi connectivity index (χ3n) is 3.58. The summed E-state index contributed by atoms with van der Waals surface area (Å²) in [5.41, 5.74) is -3.21. The summed E-state index contributed by atoms with van der Waals surface area (Å²) >= 11 is 4.14. The van der Waals surface area contributed by atoms with Gasteiger partial charge < -0.3 is 9.84 Å². The molecule has 1 unspecified atom stereocenters. The standard InChI is InChI=1S/C17H18F3NO4S2/c1-16(2,22)15(26)25-14-11(5-4-6-13(14)27(3,23)24)12-8-7-10(9-21-12)17(18,19)20/h4-9,15,22,26H,1-3H3. The zero-order chi connectivity index (χ0) is 20.6. The van der Waals surface area contributed by atoms with Crippen LogP contribution in [0.4, 0.5) is 13.2 Å². The second-order valence-electron chi connectivity index (χ2n) is 6.46. The van der Waals surface area contributed by atoms with Gasteiger partial charge >= 0.3 is 6.18 Å². The van der Waals surface area contributed by atoms with E-state index in [1.807, 2.05) is 0 Å². The molecule has 0 saturated carbocycles. The molecule has 2 rings (SSSR count). The van der Waals surface area contributed by atoms with E-state index in [4.69, 9.17) is 4.74 Å². The smallest absolute Gasteiger partial charge is 0.417 e. The highest BCUT2D eigenvalue weighted by molar-refractivity contribution is 7.90. The summed E-state index contributed by atoms with van der Waals surface area (Å²) in [5.74, 6) is -0.144.